The zero-order valence-corrected chi connectivity index (χ0v) is 23.2. The summed E-state index contributed by atoms with van der Waals surface area (Å²) in [6.07, 6.45) is 2.21. The number of hydrogen-bond donors (Lipinski definition) is 0. The Morgan fingerprint density at radius 2 is 1.26 bits per heavy atom. The van der Waals surface area contributed by atoms with Crippen molar-refractivity contribution in [2.24, 2.45) is 0 Å². The van der Waals surface area contributed by atoms with Crippen LogP contribution in [-0.4, -0.2) is 34.7 Å². The summed E-state index contributed by atoms with van der Waals surface area (Å²) in [6.45, 7) is 21.4. The van der Waals surface area contributed by atoms with Gasteiger partial charge in [0.15, 0.2) is 0 Å². The molecule has 2 rings (SSSR count). The SMILES string of the molecule is C[C@@H]([CH]C(C)(C)OCC[Si](C)(C)C)O[Si](c1ccccc1)(c1ccccc1)C(C)(C)C. The van der Waals surface area contributed by atoms with Gasteiger partial charge < -0.3 is 9.16 Å². The lowest BCUT2D eigenvalue weighted by Crippen LogP contribution is -2.67. The van der Waals surface area contributed by atoms with E-state index in [1.165, 1.54) is 16.4 Å². The van der Waals surface area contributed by atoms with Crippen molar-refractivity contribution in [2.75, 3.05) is 6.61 Å². The highest BCUT2D eigenvalue weighted by atomic mass is 28.4. The number of rotatable bonds is 10. The molecule has 0 amide bonds. The van der Waals surface area contributed by atoms with Gasteiger partial charge in [-0.15, -0.1) is 0 Å². The van der Waals surface area contributed by atoms with Crippen molar-refractivity contribution < 1.29 is 9.16 Å². The Kier molecular flexibility index (Phi) is 8.54. The molecule has 0 heterocycles. The minimum atomic E-state index is -2.55. The first kappa shape index (κ1) is 26.0. The van der Waals surface area contributed by atoms with Gasteiger partial charge in [-0.3, -0.25) is 0 Å². The summed E-state index contributed by atoms with van der Waals surface area (Å²) in [5, 5.41) is 2.60. The van der Waals surface area contributed by atoms with Crippen molar-refractivity contribution >= 4 is 26.8 Å². The van der Waals surface area contributed by atoms with Crippen LogP contribution in [0.25, 0.3) is 0 Å². The van der Waals surface area contributed by atoms with Crippen LogP contribution in [0, 0.1) is 6.42 Å². The first-order valence-corrected chi connectivity index (χ1v) is 17.2. The van der Waals surface area contributed by atoms with Crippen molar-refractivity contribution in [3.63, 3.8) is 0 Å². The lowest BCUT2D eigenvalue weighted by Gasteiger charge is -2.45. The molecule has 0 unspecified atom stereocenters. The second-order valence-electron chi connectivity index (χ2n) is 11.4. The quantitative estimate of drug-likeness (QED) is 0.392. The predicted molar refractivity (Wildman–Crippen MR) is 141 cm³/mol. The standard InChI is InChI=1S/C27H43O2Si2/c1-23(22-27(5,6)28-20-21-30(7,8)9)29-31(26(2,3)4,24-16-12-10-13-17-24)25-18-14-11-15-19-25/h10-19,22-23H,20-21H2,1-9H3/t23-/m0/s1. The Labute approximate surface area is 193 Å². The summed E-state index contributed by atoms with van der Waals surface area (Å²) in [5.41, 5.74) is -0.329. The van der Waals surface area contributed by atoms with Gasteiger partial charge >= 0.3 is 0 Å². The Hall–Kier alpha value is -1.21. The molecule has 171 valence electrons. The lowest BCUT2D eigenvalue weighted by molar-refractivity contribution is 0.000723. The Morgan fingerprint density at radius 3 is 1.65 bits per heavy atom. The normalized spacial score (nSPS) is 14.5. The van der Waals surface area contributed by atoms with E-state index < -0.39 is 16.4 Å². The monoisotopic (exact) mass is 455 g/mol. The molecular formula is C27H43O2Si2. The summed E-state index contributed by atoms with van der Waals surface area (Å²) < 4.78 is 13.5. The fraction of sp³-hybridized carbons (Fsp3) is 0.519. The highest BCUT2D eigenvalue weighted by Crippen LogP contribution is 2.38. The minimum Gasteiger partial charge on any atom is -0.404 e. The topological polar surface area (TPSA) is 18.5 Å². The second-order valence-corrected chi connectivity index (χ2v) is 21.3. The lowest BCUT2D eigenvalue weighted by atomic mass is 10.0. The molecule has 0 saturated heterocycles. The average molecular weight is 456 g/mol. The molecule has 0 aromatic heterocycles. The molecule has 1 atom stereocenters. The zero-order chi connectivity index (χ0) is 23.3. The van der Waals surface area contributed by atoms with E-state index in [1.807, 2.05) is 0 Å². The van der Waals surface area contributed by atoms with Crippen molar-refractivity contribution in [2.45, 2.75) is 84.0 Å². The van der Waals surface area contributed by atoms with E-state index in [0.717, 1.165) is 6.61 Å². The molecule has 0 N–H and O–H groups in total. The van der Waals surface area contributed by atoms with Crippen LogP contribution < -0.4 is 10.4 Å². The third-order valence-corrected chi connectivity index (χ3v) is 12.6. The van der Waals surface area contributed by atoms with Gasteiger partial charge in [0.05, 0.1) is 5.60 Å². The van der Waals surface area contributed by atoms with Gasteiger partial charge in [-0.1, -0.05) is 101 Å². The van der Waals surface area contributed by atoms with E-state index in [-0.39, 0.29) is 16.7 Å². The van der Waals surface area contributed by atoms with E-state index in [1.54, 1.807) is 0 Å². The molecule has 31 heavy (non-hydrogen) atoms. The van der Waals surface area contributed by atoms with Gasteiger partial charge in [-0.25, -0.2) is 0 Å². The fourth-order valence-electron chi connectivity index (χ4n) is 4.24. The van der Waals surface area contributed by atoms with Gasteiger partial charge in [0.1, 0.15) is 0 Å². The molecule has 1 radical (unpaired) electrons. The molecule has 0 spiro atoms. The van der Waals surface area contributed by atoms with Crippen LogP contribution in [0.1, 0.15) is 41.5 Å². The first-order chi connectivity index (χ1) is 14.3. The number of hydrogen-bond acceptors (Lipinski definition) is 2. The number of benzene rings is 2. The molecule has 2 aromatic carbocycles. The van der Waals surface area contributed by atoms with Crippen LogP contribution in [0.2, 0.25) is 30.7 Å². The molecule has 4 heteroatoms. The van der Waals surface area contributed by atoms with Crippen LogP contribution in [0.3, 0.4) is 0 Å². The molecule has 0 fully saturated rings. The van der Waals surface area contributed by atoms with Gasteiger partial charge in [0, 0.05) is 27.2 Å². The van der Waals surface area contributed by atoms with Crippen LogP contribution >= 0.6 is 0 Å². The smallest absolute Gasteiger partial charge is 0.261 e. The van der Waals surface area contributed by atoms with Crippen LogP contribution in [0.15, 0.2) is 60.7 Å². The van der Waals surface area contributed by atoms with Crippen molar-refractivity contribution in [3.8, 4) is 0 Å². The van der Waals surface area contributed by atoms with E-state index in [2.05, 4.69) is 128 Å². The largest absolute Gasteiger partial charge is 0.404 e. The summed E-state index contributed by atoms with van der Waals surface area (Å²) in [4.78, 5) is 0. The van der Waals surface area contributed by atoms with Crippen molar-refractivity contribution in [1.29, 1.82) is 0 Å². The molecule has 0 aliphatic carbocycles. The highest BCUT2D eigenvalue weighted by Gasteiger charge is 2.51. The zero-order valence-electron chi connectivity index (χ0n) is 21.2. The number of ether oxygens (including phenoxy) is 1. The van der Waals surface area contributed by atoms with Gasteiger partial charge in [0.2, 0.25) is 0 Å². The van der Waals surface area contributed by atoms with Crippen LogP contribution in [0.5, 0.6) is 0 Å². The van der Waals surface area contributed by atoms with Crippen LogP contribution in [-0.2, 0) is 9.16 Å². The Bertz CT molecular complexity index is 750. The predicted octanol–water partition coefficient (Wildman–Crippen LogP) is 6.29. The van der Waals surface area contributed by atoms with Gasteiger partial charge in [-0.2, -0.15) is 0 Å². The highest BCUT2D eigenvalue weighted by molar-refractivity contribution is 6.99. The summed E-state index contributed by atoms with van der Waals surface area (Å²) in [7, 11) is -3.66. The minimum absolute atomic E-state index is 0.0271. The maximum Gasteiger partial charge on any atom is 0.261 e. The average Bonchev–Trinajstić information content (AvgIpc) is 2.65. The molecule has 0 aliphatic heterocycles. The maximum absolute atomic E-state index is 7.17. The van der Waals surface area contributed by atoms with Gasteiger partial charge in [0.25, 0.3) is 8.32 Å². The molecule has 0 bridgehead atoms. The van der Waals surface area contributed by atoms with E-state index in [9.17, 15) is 0 Å². The molecular weight excluding hydrogens is 412 g/mol. The van der Waals surface area contributed by atoms with Crippen molar-refractivity contribution in [1.82, 2.24) is 0 Å². The Morgan fingerprint density at radius 1 is 0.806 bits per heavy atom. The van der Waals surface area contributed by atoms with Crippen molar-refractivity contribution in [3.05, 3.63) is 67.1 Å². The van der Waals surface area contributed by atoms with E-state index in [0.29, 0.717) is 0 Å². The third-order valence-electron chi connectivity index (χ3n) is 5.74. The molecule has 2 nitrogen and oxygen atoms in total. The van der Waals surface area contributed by atoms with Gasteiger partial charge in [-0.05, 0) is 42.2 Å². The summed E-state index contributed by atoms with van der Waals surface area (Å²) in [6, 6.07) is 22.8. The third kappa shape index (κ3) is 7.14. The van der Waals surface area contributed by atoms with E-state index in [4.69, 9.17) is 9.16 Å². The Balaban J connectivity index is 2.34. The summed E-state index contributed by atoms with van der Waals surface area (Å²) >= 11 is 0. The summed E-state index contributed by atoms with van der Waals surface area (Å²) in [5.74, 6) is 0. The van der Waals surface area contributed by atoms with Crippen LogP contribution in [0.4, 0.5) is 0 Å². The second kappa shape index (κ2) is 10.2. The maximum atomic E-state index is 7.17. The van der Waals surface area contributed by atoms with E-state index >= 15 is 0 Å². The molecule has 2 aromatic rings. The fourth-order valence-corrected chi connectivity index (χ4v) is 9.59. The molecule has 0 aliphatic rings. The first-order valence-electron chi connectivity index (χ1n) is 11.6. The molecule has 0 saturated carbocycles.